The van der Waals surface area contributed by atoms with Crippen molar-refractivity contribution in [3.05, 3.63) is 39.3 Å². The third kappa shape index (κ3) is 3.28. The average molecular weight is 389 g/mol. The van der Waals surface area contributed by atoms with Crippen molar-refractivity contribution >= 4 is 42.4 Å². The Balaban J connectivity index is 1.88. The molecule has 0 amide bonds. The Morgan fingerprint density at radius 3 is 2.86 bits per heavy atom. The molecule has 1 fully saturated rings. The Morgan fingerprint density at radius 2 is 2.19 bits per heavy atom. The largest absolute Gasteiger partial charge is 0.392 e. The van der Waals surface area contributed by atoms with Gasteiger partial charge in [0, 0.05) is 15.8 Å². The highest BCUT2D eigenvalue weighted by Crippen LogP contribution is 2.41. The number of thiazole rings is 1. The first-order valence-electron chi connectivity index (χ1n) is 6.37. The summed E-state index contributed by atoms with van der Waals surface area (Å²) in [6.07, 6.45) is 2.25. The van der Waals surface area contributed by atoms with Crippen molar-refractivity contribution in [1.82, 2.24) is 4.98 Å². The van der Waals surface area contributed by atoms with Crippen LogP contribution in [-0.2, 0) is 16.6 Å². The molecule has 0 bridgehead atoms. The van der Waals surface area contributed by atoms with Crippen molar-refractivity contribution in [2.45, 2.75) is 30.3 Å². The quantitative estimate of drug-likeness (QED) is 0.824. The minimum atomic E-state index is -3.73. The molecule has 0 spiro atoms. The SMILES string of the molecule is O=S(=O)(Nc1nc(C2CC2)cs1)c1cc(CO)ccc1Br. The number of rotatable bonds is 5. The van der Waals surface area contributed by atoms with Crippen LogP contribution < -0.4 is 4.72 Å². The summed E-state index contributed by atoms with van der Waals surface area (Å²) in [6.45, 7) is -0.209. The van der Waals surface area contributed by atoms with Crippen LogP contribution in [0.1, 0.15) is 30.0 Å². The minimum absolute atomic E-state index is 0.0946. The summed E-state index contributed by atoms with van der Waals surface area (Å²) in [7, 11) is -3.73. The van der Waals surface area contributed by atoms with E-state index in [1.54, 1.807) is 12.1 Å². The van der Waals surface area contributed by atoms with Gasteiger partial charge in [0.25, 0.3) is 10.0 Å². The average Bonchev–Trinajstić information content (AvgIpc) is 3.20. The molecule has 1 heterocycles. The molecule has 0 atom stereocenters. The van der Waals surface area contributed by atoms with Crippen molar-refractivity contribution in [2.75, 3.05) is 4.72 Å². The number of sulfonamides is 1. The molecule has 3 rings (SSSR count). The predicted octanol–water partition coefficient (Wildman–Crippen LogP) is 3.08. The number of hydrogen-bond donors (Lipinski definition) is 2. The van der Waals surface area contributed by atoms with Crippen LogP contribution in [0.5, 0.6) is 0 Å². The number of nitrogens with one attached hydrogen (secondary N) is 1. The van der Waals surface area contributed by atoms with Gasteiger partial charge in [-0.15, -0.1) is 11.3 Å². The Bertz CT molecular complexity index is 769. The molecule has 1 aromatic heterocycles. The van der Waals surface area contributed by atoms with E-state index < -0.39 is 10.0 Å². The van der Waals surface area contributed by atoms with Crippen LogP contribution in [0.2, 0.25) is 0 Å². The lowest BCUT2D eigenvalue weighted by molar-refractivity contribution is 0.281. The number of benzene rings is 1. The van der Waals surface area contributed by atoms with Crippen LogP contribution in [0.15, 0.2) is 32.9 Å². The fourth-order valence-electron chi connectivity index (χ4n) is 1.92. The van der Waals surface area contributed by atoms with Crippen LogP contribution in [0.4, 0.5) is 5.13 Å². The molecule has 1 aromatic carbocycles. The van der Waals surface area contributed by atoms with E-state index in [4.69, 9.17) is 5.11 Å². The molecule has 0 radical (unpaired) electrons. The summed E-state index contributed by atoms with van der Waals surface area (Å²) in [5.74, 6) is 0.490. The molecule has 0 aliphatic heterocycles. The molecule has 0 unspecified atom stereocenters. The Labute approximate surface area is 135 Å². The van der Waals surface area contributed by atoms with E-state index in [0.717, 1.165) is 18.5 Å². The second-order valence-electron chi connectivity index (χ2n) is 4.88. The fourth-order valence-corrected chi connectivity index (χ4v) is 4.98. The van der Waals surface area contributed by atoms with E-state index >= 15 is 0 Å². The van der Waals surface area contributed by atoms with Gasteiger partial charge in [-0.3, -0.25) is 4.72 Å². The molecule has 8 heteroatoms. The van der Waals surface area contributed by atoms with Gasteiger partial charge in [-0.25, -0.2) is 13.4 Å². The van der Waals surface area contributed by atoms with Gasteiger partial charge in [0.15, 0.2) is 5.13 Å². The molecule has 2 N–H and O–H groups in total. The number of aromatic nitrogens is 1. The van der Waals surface area contributed by atoms with E-state index in [1.165, 1.54) is 17.4 Å². The number of aliphatic hydroxyl groups is 1. The minimum Gasteiger partial charge on any atom is -0.392 e. The van der Waals surface area contributed by atoms with E-state index in [2.05, 4.69) is 25.6 Å². The number of aliphatic hydroxyl groups excluding tert-OH is 1. The fraction of sp³-hybridized carbons (Fsp3) is 0.308. The van der Waals surface area contributed by atoms with Gasteiger partial charge >= 0.3 is 0 Å². The van der Waals surface area contributed by atoms with E-state index in [0.29, 0.717) is 21.1 Å². The molecular weight excluding hydrogens is 376 g/mol. The summed E-state index contributed by atoms with van der Waals surface area (Å²) in [4.78, 5) is 4.41. The van der Waals surface area contributed by atoms with Gasteiger partial charge in [0.2, 0.25) is 0 Å². The Morgan fingerprint density at radius 1 is 1.43 bits per heavy atom. The number of hydrogen-bond acceptors (Lipinski definition) is 5. The van der Waals surface area contributed by atoms with Crippen molar-refractivity contribution in [1.29, 1.82) is 0 Å². The van der Waals surface area contributed by atoms with Gasteiger partial charge in [-0.05, 0) is 46.5 Å². The summed E-state index contributed by atoms with van der Waals surface area (Å²) < 4.78 is 27.8. The lowest BCUT2D eigenvalue weighted by atomic mass is 10.2. The molecule has 21 heavy (non-hydrogen) atoms. The van der Waals surface area contributed by atoms with Crippen LogP contribution in [0.3, 0.4) is 0 Å². The first kappa shape index (κ1) is 15.0. The molecule has 1 saturated carbocycles. The van der Waals surface area contributed by atoms with E-state index in [-0.39, 0.29) is 11.5 Å². The van der Waals surface area contributed by atoms with Gasteiger partial charge < -0.3 is 5.11 Å². The highest BCUT2D eigenvalue weighted by molar-refractivity contribution is 9.10. The normalized spacial score (nSPS) is 15.1. The van der Waals surface area contributed by atoms with Crippen LogP contribution in [0.25, 0.3) is 0 Å². The Hall–Kier alpha value is -0.960. The van der Waals surface area contributed by atoms with Crippen molar-refractivity contribution in [3.8, 4) is 0 Å². The zero-order valence-electron chi connectivity index (χ0n) is 10.9. The third-order valence-corrected chi connectivity index (χ3v) is 6.44. The lowest BCUT2D eigenvalue weighted by Gasteiger charge is -2.08. The van der Waals surface area contributed by atoms with Gasteiger partial charge in [0.05, 0.1) is 12.3 Å². The van der Waals surface area contributed by atoms with Crippen LogP contribution in [-0.4, -0.2) is 18.5 Å². The second kappa shape index (κ2) is 5.68. The van der Waals surface area contributed by atoms with Gasteiger partial charge in [-0.2, -0.15) is 0 Å². The van der Waals surface area contributed by atoms with Crippen LogP contribution in [0, 0.1) is 0 Å². The molecular formula is C13H13BrN2O3S2. The zero-order valence-corrected chi connectivity index (χ0v) is 14.1. The van der Waals surface area contributed by atoms with E-state index in [1.807, 2.05) is 5.38 Å². The maximum absolute atomic E-state index is 12.4. The highest BCUT2D eigenvalue weighted by Gasteiger charge is 2.27. The summed E-state index contributed by atoms with van der Waals surface area (Å²) in [6, 6.07) is 4.72. The number of halogens is 1. The molecule has 2 aromatic rings. The van der Waals surface area contributed by atoms with Crippen LogP contribution >= 0.6 is 27.3 Å². The monoisotopic (exact) mass is 388 g/mol. The second-order valence-corrected chi connectivity index (χ2v) is 8.24. The molecule has 1 aliphatic rings. The standard InChI is InChI=1S/C13H13BrN2O3S2/c14-10-4-1-8(6-17)5-12(10)21(18,19)16-13-15-11(7-20-13)9-2-3-9/h1,4-5,7,9,17H,2-3,6H2,(H,15,16). The number of nitrogens with zero attached hydrogens (tertiary/aromatic N) is 1. The highest BCUT2D eigenvalue weighted by atomic mass is 79.9. The molecule has 1 aliphatic carbocycles. The first-order valence-corrected chi connectivity index (χ1v) is 9.53. The maximum Gasteiger partial charge on any atom is 0.264 e. The predicted molar refractivity (Wildman–Crippen MR) is 85.0 cm³/mol. The zero-order chi connectivity index (χ0) is 15.0. The van der Waals surface area contributed by atoms with Crippen molar-refractivity contribution < 1.29 is 13.5 Å². The summed E-state index contributed by atoms with van der Waals surface area (Å²) in [5, 5.41) is 11.4. The number of anilines is 1. The van der Waals surface area contributed by atoms with E-state index in [9.17, 15) is 8.42 Å². The molecule has 112 valence electrons. The van der Waals surface area contributed by atoms with Crippen molar-refractivity contribution in [3.63, 3.8) is 0 Å². The molecule has 0 saturated heterocycles. The lowest BCUT2D eigenvalue weighted by Crippen LogP contribution is -2.14. The summed E-state index contributed by atoms with van der Waals surface area (Å²) in [5.41, 5.74) is 1.50. The summed E-state index contributed by atoms with van der Waals surface area (Å²) >= 11 is 4.52. The van der Waals surface area contributed by atoms with Gasteiger partial charge in [0.1, 0.15) is 4.90 Å². The smallest absolute Gasteiger partial charge is 0.264 e. The molecule has 5 nitrogen and oxygen atoms in total. The first-order chi connectivity index (χ1) is 9.99. The topological polar surface area (TPSA) is 79.3 Å². The van der Waals surface area contributed by atoms with Crippen molar-refractivity contribution in [2.24, 2.45) is 0 Å². The third-order valence-electron chi connectivity index (χ3n) is 3.21. The van der Waals surface area contributed by atoms with Gasteiger partial charge in [-0.1, -0.05) is 6.07 Å². The Kier molecular flexibility index (Phi) is 4.04. The maximum atomic E-state index is 12.4.